The van der Waals surface area contributed by atoms with Crippen LogP contribution in [0.25, 0.3) is 0 Å². The normalized spacial score (nSPS) is 27.9. The summed E-state index contributed by atoms with van der Waals surface area (Å²) in [7, 11) is 0. The van der Waals surface area contributed by atoms with Gasteiger partial charge >= 0.3 is 0 Å². The minimum absolute atomic E-state index is 0.222. The van der Waals surface area contributed by atoms with Gasteiger partial charge in [-0.25, -0.2) is 0 Å². The fourth-order valence-electron chi connectivity index (χ4n) is 2.68. The molecule has 3 nitrogen and oxygen atoms in total. The van der Waals surface area contributed by atoms with Crippen molar-refractivity contribution in [3.63, 3.8) is 0 Å². The van der Waals surface area contributed by atoms with Crippen molar-refractivity contribution in [2.45, 2.75) is 38.5 Å². The van der Waals surface area contributed by atoms with Crippen molar-refractivity contribution in [3.05, 3.63) is 0 Å². The van der Waals surface area contributed by atoms with Gasteiger partial charge in [0.25, 0.3) is 0 Å². The molecule has 0 aromatic heterocycles. The van der Waals surface area contributed by atoms with E-state index < -0.39 is 0 Å². The molecule has 1 aliphatic carbocycles. The van der Waals surface area contributed by atoms with Gasteiger partial charge in [-0.3, -0.25) is 4.79 Å². The Hall–Kier alpha value is -0.570. The fourth-order valence-corrected chi connectivity index (χ4v) is 2.68. The first-order valence-electron chi connectivity index (χ1n) is 6.34. The zero-order chi connectivity index (χ0) is 10.5. The highest BCUT2D eigenvalue weighted by Crippen LogP contribution is 2.23. The fraction of sp³-hybridized carbons (Fsp3) is 0.917. The van der Waals surface area contributed by atoms with Gasteiger partial charge in [0.2, 0.25) is 5.91 Å². The molecule has 2 N–H and O–H groups in total. The van der Waals surface area contributed by atoms with Gasteiger partial charge < -0.3 is 10.6 Å². The molecule has 0 bridgehead atoms. The molecule has 1 heterocycles. The van der Waals surface area contributed by atoms with Gasteiger partial charge in [-0.05, 0) is 38.1 Å². The summed E-state index contributed by atoms with van der Waals surface area (Å²) in [5.41, 5.74) is 0. The number of hydrogen-bond donors (Lipinski definition) is 2. The molecule has 0 aromatic carbocycles. The molecule has 0 spiro atoms. The van der Waals surface area contributed by atoms with Gasteiger partial charge in [-0.15, -0.1) is 0 Å². The third-order valence-electron chi connectivity index (χ3n) is 3.71. The summed E-state index contributed by atoms with van der Waals surface area (Å²) in [6.45, 7) is 2.86. The van der Waals surface area contributed by atoms with E-state index in [2.05, 4.69) is 10.6 Å². The molecule has 0 radical (unpaired) electrons. The number of amides is 1. The number of nitrogens with one attached hydrogen (secondary N) is 2. The Morgan fingerprint density at radius 1 is 1.20 bits per heavy atom. The van der Waals surface area contributed by atoms with E-state index in [-0.39, 0.29) is 11.8 Å². The molecule has 1 aliphatic heterocycles. The van der Waals surface area contributed by atoms with Gasteiger partial charge in [0, 0.05) is 13.1 Å². The van der Waals surface area contributed by atoms with Crippen LogP contribution >= 0.6 is 0 Å². The molecular weight excluding hydrogens is 188 g/mol. The lowest BCUT2D eigenvalue weighted by Gasteiger charge is -2.22. The van der Waals surface area contributed by atoms with Gasteiger partial charge in [-0.2, -0.15) is 0 Å². The molecule has 2 fully saturated rings. The van der Waals surface area contributed by atoms with E-state index in [4.69, 9.17) is 0 Å². The van der Waals surface area contributed by atoms with Gasteiger partial charge in [-0.1, -0.05) is 12.8 Å². The number of carbonyl (C=O) groups excluding carboxylic acids is 1. The summed E-state index contributed by atoms with van der Waals surface area (Å²) in [6.07, 6.45) is 7.52. The molecule has 2 aliphatic rings. The molecular formula is C12H22N2O. The average molecular weight is 210 g/mol. The zero-order valence-electron chi connectivity index (χ0n) is 9.43. The summed E-state index contributed by atoms with van der Waals surface area (Å²) in [5, 5.41) is 6.40. The van der Waals surface area contributed by atoms with Crippen LogP contribution in [0.15, 0.2) is 0 Å². The molecule has 3 heteroatoms. The second-order valence-electron chi connectivity index (χ2n) is 4.94. The lowest BCUT2D eigenvalue weighted by Crippen LogP contribution is -2.41. The highest BCUT2D eigenvalue weighted by atomic mass is 16.1. The van der Waals surface area contributed by atoms with Crippen LogP contribution in [-0.2, 0) is 4.79 Å². The summed E-state index contributed by atoms with van der Waals surface area (Å²) < 4.78 is 0. The number of carbonyl (C=O) groups is 1. The number of piperidine rings is 1. The lowest BCUT2D eigenvalue weighted by molar-refractivity contribution is -0.125. The van der Waals surface area contributed by atoms with Crippen molar-refractivity contribution in [1.29, 1.82) is 0 Å². The summed E-state index contributed by atoms with van der Waals surface area (Å²) in [5.74, 6) is 1.25. The molecule has 86 valence electrons. The van der Waals surface area contributed by atoms with E-state index in [1.54, 1.807) is 0 Å². The third-order valence-corrected chi connectivity index (χ3v) is 3.71. The zero-order valence-corrected chi connectivity index (χ0v) is 9.43. The third kappa shape index (κ3) is 3.20. The van der Waals surface area contributed by atoms with E-state index in [9.17, 15) is 4.79 Å². The quantitative estimate of drug-likeness (QED) is 0.737. The minimum Gasteiger partial charge on any atom is -0.356 e. The van der Waals surface area contributed by atoms with Crippen LogP contribution < -0.4 is 10.6 Å². The number of rotatable bonds is 3. The lowest BCUT2D eigenvalue weighted by atomic mass is 9.98. The van der Waals surface area contributed by atoms with Crippen molar-refractivity contribution in [2.24, 2.45) is 11.8 Å². The SMILES string of the molecule is O=C(NCC1CCCC1)C1CCCNC1. The van der Waals surface area contributed by atoms with Crippen LogP contribution in [0.5, 0.6) is 0 Å². The first-order valence-corrected chi connectivity index (χ1v) is 6.34. The van der Waals surface area contributed by atoms with Crippen LogP contribution in [0.3, 0.4) is 0 Å². The van der Waals surface area contributed by atoms with Gasteiger partial charge in [0.15, 0.2) is 0 Å². The van der Waals surface area contributed by atoms with Crippen molar-refractivity contribution in [1.82, 2.24) is 10.6 Å². The highest BCUT2D eigenvalue weighted by Gasteiger charge is 2.22. The molecule has 1 saturated heterocycles. The molecule has 15 heavy (non-hydrogen) atoms. The molecule has 1 atom stereocenters. The molecule has 1 saturated carbocycles. The monoisotopic (exact) mass is 210 g/mol. The molecule has 0 aromatic rings. The van der Waals surface area contributed by atoms with E-state index in [1.165, 1.54) is 25.7 Å². The topological polar surface area (TPSA) is 41.1 Å². The van der Waals surface area contributed by atoms with Crippen molar-refractivity contribution >= 4 is 5.91 Å². The Morgan fingerprint density at radius 3 is 2.67 bits per heavy atom. The van der Waals surface area contributed by atoms with Crippen molar-refractivity contribution in [2.75, 3.05) is 19.6 Å². The Bertz CT molecular complexity index is 206. The number of hydrogen-bond acceptors (Lipinski definition) is 2. The summed E-state index contributed by atoms with van der Waals surface area (Å²) >= 11 is 0. The maximum atomic E-state index is 11.8. The second kappa shape index (κ2) is 5.50. The second-order valence-corrected chi connectivity index (χ2v) is 4.94. The Kier molecular flexibility index (Phi) is 4.01. The van der Waals surface area contributed by atoms with Crippen molar-refractivity contribution < 1.29 is 4.79 Å². The predicted octanol–water partition coefficient (Wildman–Crippen LogP) is 1.29. The van der Waals surface area contributed by atoms with Crippen molar-refractivity contribution in [3.8, 4) is 0 Å². The molecule has 1 unspecified atom stereocenters. The maximum absolute atomic E-state index is 11.8. The summed E-state index contributed by atoms with van der Waals surface area (Å²) in [4.78, 5) is 11.8. The van der Waals surface area contributed by atoms with Crippen LogP contribution in [0.1, 0.15) is 38.5 Å². The smallest absolute Gasteiger partial charge is 0.224 e. The van der Waals surface area contributed by atoms with Crippen LogP contribution in [0.2, 0.25) is 0 Å². The van der Waals surface area contributed by atoms with E-state index in [0.717, 1.165) is 38.4 Å². The maximum Gasteiger partial charge on any atom is 0.224 e. The molecule has 2 rings (SSSR count). The molecule has 1 amide bonds. The Morgan fingerprint density at radius 2 is 2.00 bits per heavy atom. The first-order chi connectivity index (χ1) is 7.36. The Labute approximate surface area is 92.0 Å². The largest absolute Gasteiger partial charge is 0.356 e. The Balaban J connectivity index is 1.66. The first kappa shape index (κ1) is 10.9. The van der Waals surface area contributed by atoms with E-state index in [0.29, 0.717) is 0 Å². The van der Waals surface area contributed by atoms with Crippen LogP contribution in [-0.4, -0.2) is 25.5 Å². The standard InChI is InChI=1S/C12H22N2O/c15-12(11-6-3-7-13-9-11)14-8-10-4-1-2-5-10/h10-11,13H,1-9H2,(H,14,15). The van der Waals surface area contributed by atoms with Gasteiger partial charge in [0.05, 0.1) is 5.92 Å². The highest BCUT2D eigenvalue weighted by molar-refractivity contribution is 5.78. The van der Waals surface area contributed by atoms with E-state index >= 15 is 0 Å². The summed E-state index contributed by atoms with van der Waals surface area (Å²) in [6, 6.07) is 0. The van der Waals surface area contributed by atoms with Crippen LogP contribution in [0.4, 0.5) is 0 Å². The average Bonchev–Trinajstić information content (AvgIpc) is 2.80. The van der Waals surface area contributed by atoms with E-state index in [1.807, 2.05) is 0 Å². The predicted molar refractivity (Wildman–Crippen MR) is 60.6 cm³/mol. The minimum atomic E-state index is 0.222. The van der Waals surface area contributed by atoms with Crippen LogP contribution in [0, 0.1) is 11.8 Å². The van der Waals surface area contributed by atoms with Gasteiger partial charge in [0.1, 0.15) is 0 Å².